The summed E-state index contributed by atoms with van der Waals surface area (Å²) < 4.78 is 0. The first-order valence-electron chi connectivity index (χ1n) is 9.40. The van der Waals surface area contributed by atoms with Gasteiger partial charge in [-0.05, 0) is 32.4 Å². The van der Waals surface area contributed by atoms with Gasteiger partial charge in [0.25, 0.3) is 0 Å². The largest absolute Gasteiger partial charge is 3.00 e. The van der Waals surface area contributed by atoms with Crippen LogP contribution >= 0.6 is 0 Å². The Labute approximate surface area is 202 Å². The Hall–Kier alpha value is -0.530. The van der Waals surface area contributed by atoms with Crippen LogP contribution < -0.4 is 30.0 Å². The molecule has 0 fully saturated rings. The molecular formula is C24H25Cl2SiZr. The fourth-order valence-electron chi connectivity index (χ4n) is 4.29. The third kappa shape index (κ3) is 4.31. The smallest absolute Gasteiger partial charge is 1.00 e. The zero-order valence-corrected chi connectivity index (χ0v) is 21.9. The van der Waals surface area contributed by atoms with Crippen molar-refractivity contribution in [3.63, 3.8) is 0 Å². The van der Waals surface area contributed by atoms with E-state index in [1.807, 2.05) is 0 Å². The summed E-state index contributed by atoms with van der Waals surface area (Å²) in [6.07, 6.45) is 11.6. The van der Waals surface area contributed by atoms with Gasteiger partial charge in [-0.25, -0.2) is 0 Å². The maximum Gasteiger partial charge on any atom is 3.00 e. The number of fused-ring (bicyclic) bond motifs is 3. The van der Waals surface area contributed by atoms with Crippen molar-refractivity contribution in [2.75, 3.05) is 0 Å². The van der Waals surface area contributed by atoms with Crippen LogP contribution in [0.3, 0.4) is 0 Å². The normalized spacial score (nSPS) is 12.6. The zero-order chi connectivity index (χ0) is 17.6. The number of aryl methyl sites for hydroxylation is 1. The van der Waals surface area contributed by atoms with Crippen LogP contribution in [0, 0.1) is 18.7 Å². The molecule has 2 aliphatic rings. The van der Waals surface area contributed by atoms with E-state index >= 15 is 0 Å². The summed E-state index contributed by atoms with van der Waals surface area (Å²) >= 11 is 0. The molecule has 0 saturated carbocycles. The second-order valence-corrected chi connectivity index (χ2v) is 10.3. The number of rotatable bonds is 3. The van der Waals surface area contributed by atoms with Gasteiger partial charge in [-0.15, -0.1) is 34.1 Å². The van der Waals surface area contributed by atoms with E-state index in [9.17, 15) is 0 Å². The first kappa shape index (κ1) is 25.5. The van der Waals surface area contributed by atoms with Crippen LogP contribution in [0.1, 0.15) is 42.5 Å². The van der Waals surface area contributed by atoms with Crippen molar-refractivity contribution in [2.45, 2.75) is 46.2 Å². The SMILES string of the molecule is CC[Si](CC)=c1cc2c(c(C3=CC=CC3)c1C)=[C-]c1cc(C)ccc1-2.[Cl-].[Cl-].[Zr+3]. The third-order valence-electron chi connectivity index (χ3n) is 5.64. The quantitative estimate of drug-likeness (QED) is 0.340. The molecule has 0 spiro atoms. The Morgan fingerprint density at radius 2 is 1.71 bits per heavy atom. The van der Waals surface area contributed by atoms with Gasteiger partial charge < -0.3 is 24.8 Å². The summed E-state index contributed by atoms with van der Waals surface area (Å²) in [5.41, 5.74) is 9.76. The molecule has 2 aromatic carbocycles. The van der Waals surface area contributed by atoms with Crippen molar-refractivity contribution < 1.29 is 51.0 Å². The molecule has 2 aliphatic carbocycles. The molecule has 0 nitrogen and oxygen atoms in total. The van der Waals surface area contributed by atoms with Crippen molar-refractivity contribution in [2.24, 2.45) is 0 Å². The molecule has 0 amide bonds. The Bertz CT molecular complexity index is 1060. The van der Waals surface area contributed by atoms with E-state index in [4.69, 9.17) is 0 Å². The molecule has 0 aliphatic heterocycles. The standard InChI is InChI=1S/C24H25Si.2ClH.Zr/c1-5-25(6-2)23-15-21-20-12-11-16(3)13-19(20)14-22(21)24(17(23)4)18-9-7-8-10-18;;;/h7-9,11-13,15H,5-6,10H2,1-4H3;2*1H;/q-1;;;+3/p-2. The second kappa shape index (κ2) is 10.5. The van der Waals surface area contributed by atoms with Crippen LogP contribution in [0.4, 0.5) is 0 Å². The van der Waals surface area contributed by atoms with Gasteiger partial charge >= 0.3 is 26.2 Å². The molecule has 4 rings (SSSR count). The van der Waals surface area contributed by atoms with E-state index in [-0.39, 0.29) is 51.0 Å². The second-order valence-electron chi connectivity index (χ2n) is 7.16. The molecule has 143 valence electrons. The van der Waals surface area contributed by atoms with Gasteiger partial charge in [-0.1, -0.05) is 77.4 Å². The van der Waals surface area contributed by atoms with Gasteiger partial charge in [0.1, 0.15) is 0 Å². The molecular weight excluding hydrogens is 478 g/mol. The Morgan fingerprint density at radius 1 is 1.00 bits per heavy atom. The number of benzene rings is 2. The van der Waals surface area contributed by atoms with Gasteiger partial charge in [-0.2, -0.15) is 0 Å². The minimum atomic E-state index is -0.488. The molecule has 0 aromatic heterocycles. The van der Waals surface area contributed by atoms with Crippen LogP contribution in [-0.2, 0) is 26.2 Å². The predicted octanol–water partition coefficient (Wildman–Crippen LogP) is -0.294. The third-order valence-corrected chi connectivity index (χ3v) is 8.63. The van der Waals surface area contributed by atoms with Crippen LogP contribution in [-0.4, -0.2) is 8.41 Å². The molecule has 4 heteroatoms. The summed E-state index contributed by atoms with van der Waals surface area (Å²) in [5.74, 6) is 0. The van der Waals surface area contributed by atoms with Gasteiger partial charge in [0.05, 0.1) is 0 Å². The Balaban J connectivity index is 0.00000131. The monoisotopic (exact) mass is 501 g/mol. The predicted molar refractivity (Wildman–Crippen MR) is 111 cm³/mol. The van der Waals surface area contributed by atoms with E-state index in [2.05, 4.69) is 76.3 Å². The van der Waals surface area contributed by atoms with Crippen LogP contribution in [0.15, 0.2) is 42.5 Å². The maximum atomic E-state index is 3.75. The van der Waals surface area contributed by atoms with E-state index in [0.29, 0.717) is 0 Å². The average molecular weight is 504 g/mol. The molecule has 1 radical (unpaired) electrons. The van der Waals surface area contributed by atoms with E-state index in [0.717, 1.165) is 6.42 Å². The summed E-state index contributed by atoms with van der Waals surface area (Å²) in [7, 11) is -0.488. The number of halogens is 2. The molecule has 0 heterocycles. The van der Waals surface area contributed by atoms with Crippen molar-refractivity contribution in [1.29, 1.82) is 0 Å². The fraction of sp³-hybridized carbons (Fsp3) is 0.292. The average Bonchev–Trinajstić information content (AvgIpc) is 3.23. The molecule has 2 aromatic rings. The fourth-order valence-corrected chi connectivity index (χ4v) is 6.55. The van der Waals surface area contributed by atoms with E-state index < -0.39 is 8.41 Å². The van der Waals surface area contributed by atoms with Crippen LogP contribution in [0.5, 0.6) is 0 Å². The molecule has 0 unspecified atom stereocenters. The maximum absolute atomic E-state index is 3.75. The summed E-state index contributed by atoms with van der Waals surface area (Å²) in [6, 6.07) is 11.9. The molecule has 0 atom stereocenters. The molecule has 0 bridgehead atoms. The molecule has 0 saturated heterocycles. The molecule has 0 N–H and O–H groups in total. The first-order valence-corrected chi connectivity index (χ1v) is 11.3. The Morgan fingerprint density at radius 3 is 2.32 bits per heavy atom. The topological polar surface area (TPSA) is 0 Å². The van der Waals surface area contributed by atoms with Crippen molar-refractivity contribution in [1.82, 2.24) is 0 Å². The van der Waals surface area contributed by atoms with Crippen molar-refractivity contribution in [3.8, 4) is 11.1 Å². The first-order chi connectivity index (χ1) is 12.1. The van der Waals surface area contributed by atoms with Gasteiger partial charge in [0, 0.05) is 8.41 Å². The van der Waals surface area contributed by atoms with Crippen LogP contribution in [0.25, 0.3) is 22.8 Å². The van der Waals surface area contributed by atoms with Crippen LogP contribution in [0.2, 0.25) is 12.1 Å². The summed E-state index contributed by atoms with van der Waals surface area (Å²) in [6.45, 7) is 9.23. The zero-order valence-electron chi connectivity index (χ0n) is 16.9. The van der Waals surface area contributed by atoms with Crippen molar-refractivity contribution in [3.05, 3.63) is 74.8 Å². The summed E-state index contributed by atoms with van der Waals surface area (Å²) in [4.78, 5) is 1.63. The van der Waals surface area contributed by atoms with Gasteiger partial charge in [0.2, 0.25) is 0 Å². The minimum absolute atomic E-state index is 0. The van der Waals surface area contributed by atoms with Crippen molar-refractivity contribution >= 4 is 20.1 Å². The summed E-state index contributed by atoms with van der Waals surface area (Å²) in [5, 5.41) is 1.32. The van der Waals surface area contributed by atoms with Gasteiger partial charge in [-0.3, -0.25) is 0 Å². The van der Waals surface area contributed by atoms with Gasteiger partial charge in [0.15, 0.2) is 0 Å². The van der Waals surface area contributed by atoms with E-state index in [1.54, 1.807) is 4.81 Å². The number of allylic oxidation sites excluding steroid dienone is 4. The molecule has 28 heavy (non-hydrogen) atoms. The number of hydrogen-bond donors (Lipinski definition) is 0. The minimum Gasteiger partial charge on any atom is -1.00 e. The Kier molecular flexibility index (Phi) is 9.55. The van der Waals surface area contributed by atoms with E-state index in [1.165, 1.54) is 56.3 Å². The number of hydrogen-bond acceptors (Lipinski definition) is 0.